The van der Waals surface area contributed by atoms with Gasteiger partial charge in [-0.25, -0.2) is 0 Å². The quantitative estimate of drug-likeness (QED) is 0.786. The Balaban J connectivity index is 2.54. The topological polar surface area (TPSA) is 29.5 Å². The lowest BCUT2D eigenvalue weighted by Gasteiger charge is -2.34. The van der Waals surface area contributed by atoms with Crippen molar-refractivity contribution in [2.24, 2.45) is 0 Å². The minimum atomic E-state index is 0.0356. The molecule has 0 N–H and O–H groups in total. The van der Waals surface area contributed by atoms with Gasteiger partial charge in [0.1, 0.15) is 5.75 Å². The van der Waals surface area contributed by atoms with E-state index in [1.807, 2.05) is 30.9 Å². The van der Waals surface area contributed by atoms with Gasteiger partial charge in [0.15, 0.2) is 6.61 Å². The Bertz CT molecular complexity index is 438. The number of rotatable bonds is 2. The summed E-state index contributed by atoms with van der Waals surface area (Å²) in [4.78, 5) is 13.7. The molecule has 1 amide bonds. The summed E-state index contributed by atoms with van der Waals surface area (Å²) in [5.74, 6) is 1.30. The summed E-state index contributed by atoms with van der Waals surface area (Å²) in [5, 5.41) is 0. The third-order valence-corrected chi connectivity index (χ3v) is 3.03. The highest BCUT2D eigenvalue weighted by Crippen LogP contribution is 2.39. The fourth-order valence-electron chi connectivity index (χ4n) is 2.25. The zero-order valence-electron chi connectivity index (χ0n) is 10.9. The maximum atomic E-state index is 11.9. The van der Waals surface area contributed by atoms with E-state index in [1.54, 1.807) is 0 Å². The molecule has 0 saturated carbocycles. The Morgan fingerprint density at radius 1 is 1.24 bits per heavy atom. The van der Waals surface area contributed by atoms with Crippen molar-refractivity contribution in [1.82, 2.24) is 0 Å². The maximum absolute atomic E-state index is 11.9. The molecule has 3 nitrogen and oxygen atoms in total. The molecular formula is C14H19NO2. The van der Waals surface area contributed by atoms with Gasteiger partial charge < -0.3 is 9.64 Å². The van der Waals surface area contributed by atoms with E-state index >= 15 is 0 Å². The summed E-state index contributed by atoms with van der Waals surface area (Å²) in [7, 11) is 0. The number of carbonyl (C=O) groups is 1. The number of hydrogen-bond acceptors (Lipinski definition) is 2. The van der Waals surface area contributed by atoms with Crippen molar-refractivity contribution in [2.45, 2.75) is 39.7 Å². The van der Waals surface area contributed by atoms with Crippen molar-refractivity contribution in [3.63, 3.8) is 0 Å². The second-order valence-electron chi connectivity index (χ2n) is 5.00. The number of fused-ring (bicyclic) bond motifs is 1. The van der Waals surface area contributed by atoms with E-state index in [0.29, 0.717) is 5.92 Å². The SMILES string of the molecule is CC(C)c1cccc2c1OCC(=O)N2C(C)C. The lowest BCUT2D eigenvalue weighted by atomic mass is 10.00. The number of anilines is 1. The van der Waals surface area contributed by atoms with Gasteiger partial charge in [-0.3, -0.25) is 4.79 Å². The molecule has 0 bridgehead atoms. The van der Waals surface area contributed by atoms with Crippen molar-refractivity contribution in [3.8, 4) is 5.75 Å². The zero-order chi connectivity index (χ0) is 12.6. The van der Waals surface area contributed by atoms with E-state index < -0.39 is 0 Å². The third-order valence-electron chi connectivity index (χ3n) is 3.03. The molecule has 1 aliphatic rings. The lowest BCUT2D eigenvalue weighted by Crippen LogP contribution is -2.43. The Labute approximate surface area is 102 Å². The van der Waals surface area contributed by atoms with Crippen LogP contribution in [0.1, 0.15) is 39.2 Å². The molecule has 0 atom stereocenters. The number of para-hydroxylation sites is 1. The molecule has 1 heterocycles. The van der Waals surface area contributed by atoms with Crippen molar-refractivity contribution in [3.05, 3.63) is 23.8 Å². The van der Waals surface area contributed by atoms with Gasteiger partial charge in [-0.2, -0.15) is 0 Å². The first kappa shape index (κ1) is 12.0. The molecule has 1 aliphatic heterocycles. The average Bonchev–Trinajstić information content (AvgIpc) is 2.26. The summed E-state index contributed by atoms with van der Waals surface area (Å²) in [6.45, 7) is 8.46. The number of benzene rings is 1. The zero-order valence-corrected chi connectivity index (χ0v) is 10.9. The summed E-state index contributed by atoms with van der Waals surface area (Å²) in [6, 6.07) is 6.18. The maximum Gasteiger partial charge on any atom is 0.265 e. The molecule has 3 heteroatoms. The molecule has 92 valence electrons. The smallest absolute Gasteiger partial charge is 0.265 e. The largest absolute Gasteiger partial charge is 0.481 e. The molecule has 17 heavy (non-hydrogen) atoms. The minimum absolute atomic E-state index is 0.0356. The van der Waals surface area contributed by atoms with E-state index in [0.717, 1.165) is 11.4 Å². The predicted molar refractivity (Wildman–Crippen MR) is 68.6 cm³/mol. The molecule has 0 radical (unpaired) electrons. The van der Waals surface area contributed by atoms with Crippen LogP contribution >= 0.6 is 0 Å². The fraction of sp³-hybridized carbons (Fsp3) is 0.500. The van der Waals surface area contributed by atoms with Gasteiger partial charge >= 0.3 is 0 Å². The summed E-state index contributed by atoms with van der Waals surface area (Å²) in [6.07, 6.45) is 0. The summed E-state index contributed by atoms with van der Waals surface area (Å²) in [5.41, 5.74) is 2.07. The average molecular weight is 233 g/mol. The van der Waals surface area contributed by atoms with Gasteiger partial charge in [0.25, 0.3) is 5.91 Å². The first-order chi connectivity index (χ1) is 8.02. The van der Waals surface area contributed by atoms with Crippen LogP contribution in [0.5, 0.6) is 5.75 Å². The fourth-order valence-corrected chi connectivity index (χ4v) is 2.25. The predicted octanol–water partition coefficient (Wildman–Crippen LogP) is 2.94. The second kappa shape index (κ2) is 4.40. The van der Waals surface area contributed by atoms with Crippen LogP contribution in [-0.4, -0.2) is 18.6 Å². The normalized spacial score (nSPS) is 15.2. The van der Waals surface area contributed by atoms with E-state index in [2.05, 4.69) is 19.9 Å². The van der Waals surface area contributed by atoms with Crippen LogP contribution in [-0.2, 0) is 4.79 Å². The number of amides is 1. The number of nitrogens with zero attached hydrogens (tertiary/aromatic N) is 1. The number of carbonyl (C=O) groups excluding carboxylic acids is 1. The van der Waals surface area contributed by atoms with Crippen LogP contribution in [0.25, 0.3) is 0 Å². The van der Waals surface area contributed by atoms with Gasteiger partial charge in [-0.1, -0.05) is 26.0 Å². The summed E-state index contributed by atoms with van der Waals surface area (Å²) >= 11 is 0. The molecule has 0 spiro atoms. The molecule has 0 saturated heterocycles. The van der Waals surface area contributed by atoms with Gasteiger partial charge in [0.05, 0.1) is 5.69 Å². The molecule has 0 aliphatic carbocycles. The molecule has 0 fully saturated rings. The summed E-state index contributed by atoms with van der Waals surface area (Å²) < 4.78 is 5.62. The molecule has 1 aromatic rings. The van der Waals surface area contributed by atoms with Crippen molar-refractivity contribution >= 4 is 11.6 Å². The van der Waals surface area contributed by atoms with Crippen LogP contribution in [0, 0.1) is 0 Å². The standard InChI is InChI=1S/C14H19NO2/c1-9(2)11-6-5-7-12-14(11)17-8-13(16)15(12)10(3)4/h5-7,9-10H,8H2,1-4H3. The van der Waals surface area contributed by atoms with Crippen molar-refractivity contribution in [2.75, 3.05) is 11.5 Å². The lowest BCUT2D eigenvalue weighted by molar-refractivity contribution is -0.121. The van der Waals surface area contributed by atoms with Crippen LogP contribution < -0.4 is 9.64 Å². The van der Waals surface area contributed by atoms with Crippen LogP contribution in [0.2, 0.25) is 0 Å². The molecule has 2 rings (SSSR count). The molecule has 1 aromatic carbocycles. The molecule has 0 aromatic heterocycles. The van der Waals surface area contributed by atoms with Crippen LogP contribution in [0.4, 0.5) is 5.69 Å². The molecular weight excluding hydrogens is 214 g/mol. The van der Waals surface area contributed by atoms with Gasteiger partial charge in [-0.15, -0.1) is 0 Å². The number of hydrogen-bond donors (Lipinski definition) is 0. The van der Waals surface area contributed by atoms with Crippen molar-refractivity contribution < 1.29 is 9.53 Å². The highest BCUT2D eigenvalue weighted by Gasteiger charge is 2.29. The third kappa shape index (κ3) is 2.02. The Hall–Kier alpha value is -1.51. The first-order valence-electron chi connectivity index (χ1n) is 6.10. The molecule has 0 unspecified atom stereocenters. The van der Waals surface area contributed by atoms with Crippen LogP contribution in [0.15, 0.2) is 18.2 Å². The van der Waals surface area contributed by atoms with Crippen molar-refractivity contribution in [1.29, 1.82) is 0 Å². The highest BCUT2D eigenvalue weighted by molar-refractivity contribution is 5.98. The Morgan fingerprint density at radius 2 is 1.94 bits per heavy atom. The van der Waals surface area contributed by atoms with Gasteiger partial charge in [0, 0.05) is 6.04 Å². The Morgan fingerprint density at radius 3 is 2.53 bits per heavy atom. The van der Waals surface area contributed by atoms with Gasteiger partial charge in [-0.05, 0) is 31.4 Å². The number of ether oxygens (including phenoxy) is 1. The second-order valence-corrected chi connectivity index (χ2v) is 5.00. The first-order valence-corrected chi connectivity index (χ1v) is 6.10. The highest BCUT2D eigenvalue weighted by atomic mass is 16.5. The Kier molecular flexibility index (Phi) is 3.09. The van der Waals surface area contributed by atoms with E-state index in [-0.39, 0.29) is 18.6 Å². The van der Waals surface area contributed by atoms with E-state index in [4.69, 9.17) is 4.74 Å². The van der Waals surface area contributed by atoms with Gasteiger partial charge in [0.2, 0.25) is 0 Å². The van der Waals surface area contributed by atoms with E-state index in [9.17, 15) is 4.79 Å². The minimum Gasteiger partial charge on any atom is -0.481 e. The van der Waals surface area contributed by atoms with E-state index in [1.165, 1.54) is 5.56 Å². The van der Waals surface area contributed by atoms with Crippen LogP contribution in [0.3, 0.4) is 0 Å². The monoisotopic (exact) mass is 233 g/mol.